The molecule has 0 fully saturated rings. The molecule has 15 heavy (non-hydrogen) atoms. The van der Waals surface area contributed by atoms with Crippen molar-refractivity contribution >= 4 is 17.6 Å². The van der Waals surface area contributed by atoms with Crippen LogP contribution in [-0.4, -0.2) is 30.0 Å². The summed E-state index contributed by atoms with van der Waals surface area (Å²) in [6.45, 7) is 1.76. The Labute approximate surface area is 92.9 Å². The second-order valence-corrected chi connectivity index (χ2v) is 3.45. The Morgan fingerprint density at radius 3 is 2.60 bits per heavy atom. The van der Waals surface area contributed by atoms with Gasteiger partial charge in [-0.05, 0) is 6.92 Å². The van der Waals surface area contributed by atoms with Gasteiger partial charge in [-0.25, -0.2) is 4.68 Å². The van der Waals surface area contributed by atoms with Crippen LogP contribution in [-0.2, 0) is 16.6 Å². The zero-order valence-electron chi connectivity index (χ0n) is 9.07. The number of ether oxygens (including phenoxy) is 2. The molecule has 1 aromatic heterocycles. The SMILES string of the molecule is COC(=O)C(Cl)c1c(C)nn(C)c1OC. The zero-order chi connectivity index (χ0) is 11.6. The number of halogens is 1. The van der Waals surface area contributed by atoms with Crippen LogP contribution in [0.2, 0.25) is 0 Å². The number of carbonyl (C=O) groups is 1. The summed E-state index contributed by atoms with van der Waals surface area (Å²) in [5, 5.41) is 3.23. The molecule has 6 heteroatoms. The maximum atomic E-state index is 11.3. The van der Waals surface area contributed by atoms with E-state index in [2.05, 4.69) is 9.84 Å². The molecular weight excluding hydrogens is 220 g/mol. The van der Waals surface area contributed by atoms with Crippen molar-refractivity contribution in [1.29, 1.82) is 0 Å². The molecule has 0 aliphatic rings. The van der Waals surface area contributed by atoms with Gasteiger partial charge in [-0.2, -0.15) is 5.10 Å². The molecular formula is C9H13ClN2O3. The molecule has 0 saturated carbocycles. The highest BCUT2D eigenvalue weighted by Gasteiger charge is 2.27. The summed E-state index contributed by atoms with van der Waals surface area (Å²) in [7, 11) is 4.51. The minimum absolute atomic E-state index is 0.470. The molecule has 1 rings (SSSR count). The molecule has 1 heterocycles. The third-order valence-corrected chi connectivity index (χ3v) is 2.47. The van der Waals surface area contributed by atoms with Crippen molar-refractivity contribution in [2.45, 2.75) is 12.3 Å². The molecule has 5 nitrogen and oxygen atoms in total. The van der Waals surface area contributed by atoms with E-state index < -0.39 is 11.3 Å². The Balaban J connectivity index is 3.17. The Bertz CT molecular complexity index is 376. The van der Waals surface area contributed by atoms with Crippen molar-refractivity contribution in [1.82, 2.24) is 9.78 Å². The number of carbonyl (C=O) groups excluding carboxylic acids is 1. The van der Waals surface area contributed by atoms with Gasteiger partial charge in [0.1, 0.15) is 0 Å². The topological polar surface area (TPSA) is 53.3 Å². The second-order valence-electron chi connectivity index (χ2n) is 3.02. The van der Waals surface area contributed by atoms with E-state index in [9.17, 15) is 4.79 Å². The Morgan fingerprint density at radius 1 is 1.53 bits per heavy atom. The van der Waals surface area contributed by atoms with Crippen molar-refractivity contribution in [3.63, 3.8) is 0 Å². The van der Waals surface area contributed by atoms with Gasteiger partial charge in [0.25, 0.3) is 0 Å². The van der Waals surface area contributed by atoms with E-state index in [1.165, 1.54) is 18.9 Å². The van der Waals surface area contributed by atoms with Gasteiger partial charge in [-0.15, -0.1) is 11.6 Å². The Morgan fingerprint density at radius 2 is 2.13 bits per heavy atom. The van der Waals surface area contributed by atoms with Crippen LogP contribution in [0.15, 0.2) is 0 Å². The summed E-state index contributed by atoms with van der Waals surface area (Å²) >= 11 is 5.95. The number of nitrogens with zero attached hydrogens (tertiary/aromatic N) is 2. The molecule has 1 atom stereocenters. The fraction of sp³-hybridized carbons (Fsp3) is 0.556. The van der Waals surface area contributed by atoms with Gasteiger partial charge in [-0.1, -0.05) is 0 Å². The molecule has 0 radical (unpaired) electrons. The minimum Gasteiger partial charge on any atom is -0.481 e. The first-order valence-corrected chi connectivity index (χ1v) is 4.76. The number of aryl methyl sites for hydroxylation is 2. The average Bonchev–Trinajstić information content (AvgIpc) is 2.50. The fourth-order valence-corrected chi connectivity index (χ4v) is 1.75. The van der Waals surface area contributed by atoms with Crippen molar-refractivity contribution in [3.05, 3.63) is 11.3 Å². The highest BCUT2D eigenvalue weighted by atomic mass is 35.5. The van der Waals surface area contributed by atoms with E-state index in [0.29, 0.717) is 17.1 Å². The minimum atomic E-state index is -0.890. The van der Waals surface area contributed by atoms with E-state index in [1.54, 1.807) is 14.0 Å². The van der Waals surface area contributed by atoms with E-state index in [0.717, 1.165) is 0 Å². The number of methoxy groups -OCH3 is 2. The number of hydrogen-bond acceptors (Lipinski definition) is 4. The van der Waals surface area contributed by atoms with Gasteiger partial charge in [0.15, 0.2) is 5.38 Å². The molecule has 1 aromatic rings. The van der Waals surface area contributed by atoms with Crippen LogP contribution >= 0.6 is 11.6 Å². The largest absolute Gasteiger partial charge is 0.481 e. The fourth-order valence-electron chi connectivity index (χ4n) is 1.41. The Hall–Kier alpha value is -1.23. The molecule has 0 bridgehead atoms. The number of aromatic nitrogens is 2. The first-order chi connectivity index (χ1) is 7.02. The maximum absolute atomic E-state index is 11.3. The lowest BCUT2D eigenvalue weighted by Gasteiger charge is -2.08. The molecule has 0 spiro atoms. The van der Waals surface area contributed by atoms with Crippen LogP contribution in [0.5, 0.6) is 5.88 Å². The van der Waals surface area contributed by atoms with Crippen LogP contribution in [0.4, 0.5) is 0 Å². The molecule has 0 aromatic carbocycles. The number of hydrogen-bond donors (Lipinski definition) is 0. The van der Waals surface area contributed by atoms with Gasteiger partial charge < -0.3 is 9.47 Å². The highest BCUT2D eigenvalue weighted by molar-refractivity contribution is 6.30. The van der Waals surface area contributed by atoms with Crippen LogP contribution in [0, 0.1) is 6.92 Å². The molecule has 84 valence electrons. The van der Waals surface area contributed by atoms with Gasteiger partial charge >= 0.3 is 5.97 Å². The smallest absolute Gasteiger partial charge is 0.328 e. The van der Waals surface area contributed by atoms with Crippen LogP contribution in [0.25, 0.3) is 0 Å². The normalized spacial score (nSPS) is 12.3. The third-order valence-electron chi connectivity index (χ3n) is 2.07. The van der Waals surface area contributed by atoms with Crippen LogP contribution in [0.1, 0.15) is 16.6 Å². The summed E-state index contributed by atoms with van der Waals surface area (Å²) in [6, 6.07) is 0. The van der Waals surface area contributed by atoms with Crippen molar-refractivity contribution in [2.75, 3.05) is 14.2 Å². The number of alkyl halides is 1. The van der Waals surface area contributed by atoms with E-state index in [1.807, 2.05) is 0 Å². The van der Waals surface area contributed by atoms with Crippen molar-refractivity contribution in [3.8, 4) is 5.88 Å². The van der Waals surface area contributed by atoms with Gasteiger partial charge in [0.2, 0.25) is 5.88 Å². The van der Waals surface area contributed by atoms with E-state index in [4.69, 9.17) is 16.3 Å². The molecule has 1 unspecified atom stereocenters. The molecule has 0 aliphatic heterocycles. The predicted molar refractivity (Wildman–Crippen MR) is 55.1 cm³/mol. The number of esters is 1. The standard InChI is InChI=1S/C9H13ClN2O3/c1-5-6(7(10)9(13)15-4)8(14-3)12(2)11-5/h7H,1-4H3. The Kier molecular flexibility index (Phi) is 3.57. The molecule has 0 aliphatic carbocycles. The highest BCUT2D eigenvalue weighted by Crippen LogP contribution is 2.32. The molecule has 0 N–H and O–H groups in total. The summed E-state index contributed by atoms with van der Waals surface area (Å²) in [6.07, 6.45) is 0. The van der Waals surface area contributed by atoms with Gasteiger partial charge in [0, 0.05) is 7.05 Å². The van der Waals surface area contributed by atoms with Gasteiger partial charge in [0.05, 0.1) is 25.5 Å². The second kappa shape index (κ2) is 4.53. The summed E-state index contributed by atoms with van der Waals surface area (Å²) in [4.78, 5) is 11.3. The summed E-state index contributed by atoms with van der Waals surface area (Å²) in [5.41, 5.74) is 1.20. The lowest BCUT2D eigenvalue weighted by molar-refractivity contribution is -0.140. The first-order valence-electron chi connectivity index (χ1n) is 4.32. The van der Waals surface area contributed by atoms with E-state index >= 15 is 0 Å². The lowest BCUT2D eigenvalue weighted by atomic mass is 10.2. The quantitative estimate of drug-likeness (QED) is 0.580. The van der Waals surface area contributed by atoms with Crippen molar-refractivity contribution in [2.24, 2.45) is 7.05 Å². The monoisotopic (exact) mass is 232 g/mol. The van der Waals surface area contributed by atoms with Crippen molar-refractivity contribution < 1.29 is 14.3 Å². The first kappa shape index (κ1) is 11.8. The summed E-state index contributed by atoms with van der Waals surface area (Å²) in [5.74, 6) is -0.0519. The third kappa shape index (κ3) is 2.07. The lowest BCUT2D eigenvalue weighted by Crippen LogP contribution is -2.10. The summed E-state index contributed by atoms with van der Waals surface area (Å²) < 4.78 is 11.2. The zero-order valence-corrected chi connectivity index (χ0v) is 9.83. The number of rotatable bonds is 3. The molecule has 0 amide bonds. The van der Waals surface area contributed by atoms with Crippen LogP contribution in [0.3, 0.4) is 0 Å². The molecule has 0 saturated heterocycles. The maximum Gasteiger partial charge on any atom is 0.328 e. The average molecular weight is 233 g/mol. The van der Waals surface area contributed by atoms with Crippen LogP contribution < -0.4 is 4.74 Å². The predicted octanol–water partition coefficient (Wildman–Crippen LogP) is 1.19. The van der Waals surface area contributed by atoms with Gasteiger partial charge in [-0.3, -0.25) is 4.79 Å². The van der Waals surface area contributed by atoms with E-state index in [-0.39, 0.29) is 0 Å².